The Bertz CT molecular complexity index is 509. The Kier molecular flexibility index (Phi) is 4.65. The number of carbonyl (C=O) groups excluding carboxylic acids is 1. The Balaban J connectivity index is 1.60. The number of rotatable bonds is 4. The quantitative estimate of drug-likeness (QED) is 0.747. The van der Waals surface area contributed by atoms with E-state index >= 15 is 0 Å². The summed E-state index contributed by atoms with van der Waals surface area (Å²) in [7, 11) is 0. The average molecular weight is 353 g/mol. The number of para-hydroxylation sites is 1. The van der Waals surface area contributed by atoms with Crippen molar-refractivity contribution in [3.63, 3.8) is 0 Å². The van der Waals surface area contributed by atoms with E-state index in [0.29, 0.717) is 17.9 Å². The van der Waals surface area contributed by atoms with E-state index in [1.54, 1.807) is 6.07 Å². The lowest BCUT2D eigenvalue weighted by Crippen LogP contribution is -2.33. The lowest BCUT2D eigenvalue weighted by molar-refractivity contribution is -0.0749. The molecule has 1 spiro atoms. The number of hydrogen-bond donors (Lipinski definition) is 0. The minimum atomic E-state index is 0.119. The summed E-state index contributed by atoms with van der Waals surface area (Å²) >= 11 is 3.44. The van der Waals surface area contributed by atoms with E-state index < -0.39 is 0 Å². The fourth-order valence-electron chi connectivity index (χ4n) is 3.52. The number of carbonyl (C=O) groups is 1. The van der Waals surface area contributed by atoms with Gasteiger partial charge in [0.15, 0.2) is 6.29 Å². The molecule has 114 valence electrons. The van der Waals surface area contributed by atoms with Gasteiger partial charge >= 0.3 is 0 Å². The van der Waals surface area contributed by atoms with Crippen LogP contribution in [-0.2, 0) is 4.74 Å². The molecule has 0 bridgehead atoms. The van der Waals surface area contributed by atoms with Gasteiger partial charge in [-0.2, -0.15) is 0 Å². The summed E-state index contributed by atoms with van der Waals surface area (Å²) in [4.78, 5) is 11.1. The molecular weight excluding hydrogens is 332 g/mol. The summed E-state index contributed by atoms with van der Waals surface area (Å²) in [6, 6.07) is 5.50. The van der Waals surface area contributed by atoms with Crippen molar-refractivity contribution in [2.45, 2.75) is 56.7 Å². The molecule has 1 saturated heterocycles. The second-order valence-electron chi connectivity index (χ2n) is 6.11. The predicted octanol–water partition coefficient (Wildman–Crippen LogP) is 4.52. The predicted molar refractivity (Wildman–Crippen MR) is 84.9 cm³/mol. The zero-order valence-electron chi connectivity index (χ0n) is 12.1. The van der Waals surface area contributed by atoms with Gasteiger partial charge in [-0.05, 0) is 53.7 Å². The van der Waals surface area contributed by atoms with Crippen LogP contribution in [0.5, 0.6) is 5.75 Å². The van der Waals surface area contributed by atoms with Crippen molar-refractivity contribution in [1.82, 2.24) is 0 Å². The second kappa shape index (κ2) is 6.49. The fraction of sp³-hybridized carbons (Fsp3) is 0.588. The molecular formula is C17H21BrO3. The summed E-state index contributed by atoms with van der Waals surface area (Å²) in [6.07, 6.45) is 9.48. The topological polar surface area (TPSA) is 35.5 Å². The molecule has 3 nitrogen and oxygen atoms in total. The van der Waals surface area contributed by atoms with Crippen molar-refractivity contribution < 1.29 is 14.3 Å². The molecule has 3 rings (SSSR count). The molecule has 0 amide bonds. The van der Waals surface area contributed by atoms with Crippen molar-refractivity contribution in [3.8, 4) is 5.75 Å². The van der Waals surface area contributed by atoms with Crippen LogP contribution in [0.1, 0.15) is 55.3 Å². The molecule has 4 heteroatoms. The first-order valence-corrected chi connectivity index (χ1v) is 8.56. The molecule has 21 heavy (non-hydrogen) atoms. The van der Waals surface area contributed by atoms with Crippen LogP contribution in [0.2, 0.25) is 0 Å². The van der Waals surface area contributed by atoms with Gasteiger partial charge in [0, 0.05) is 0 Å². The Labute approximate surface area is 134 Å². The van der Waals surface area contributed by atoms with Crippen LogP contribution in [0.15, 0.2) is 22.7 Å². The zero-order valence-corrected chi connectivity index (χ0v) is 13.7. The first-order valence-electron chi connectivity index (χ1n) is 7.77. The molecule has 1 aliphatic heterocycles. The summed E-state index contributed by atoms with van der Waals surface area (Å²) in [5, 5.41) is 0. The zero-order chi connectivity index (χ0) is 14.7. The van der Waals surface area contributed by atoms with E-state index in [2.05, 4.69) is 15.9 Å². The number of benzene rings is 1. The maximum absolute atomic E-state index is 11.1. The molecule has 1 aromatic rings. The van der Waals surface area contributed by atoms with Crippen LogP contribution in [-0.4, -0.2) is 24.6 Å². The van der Waals surface area contributed by atoms with E-state index in [9.17, 15) is 4.79 Å². The van der Waals surface area contributed by atoms with Crippen molar-refractivity contribution in [1.29, 1.82) is 0 Å². The van der Waals surface area contributed by atoms with Gasteiger partial charge in [0.2, 0.25) is 0 Å². The number of hydrogen-bond acceptors (Lipinski definition) is 3. The molecule has 2 aliphatic rings. The van der Waals surface area contributed by atoms with Gasteiger partial charge in [-0.1, -0.05) is 25.3 Å². The molecule has 1 heterocycles. The van der Waals surface area contributed by atoms with Crippen LogP contribution >= 0.6 is 15.9 Å². The Hall–Kier alpha value is -0.870. The molecule has 1 aliphatic carbocycles. The number of ether oxygens (including phenoxy) is 2. The lowest BCUT2D eigenvalue weighted by Gasteiger charge is -2.33. The van der Waals surface area contributed by atoms with E-state index in [1.807, 2.05) is 12.1 Å². The van der Waals surface area contributed by atoms with E-state index in [4.69, 9.17) is 9.47 Å². The van der Waals surface area contributed by atoms with Crippen LogP contribution < -0.4 is 4.74 Å². The van der Waals surface area contributed by atoms with Crippen LogP contribution in [0.25, 0.3) is 0 Å². The molecule has 1 saturated carbocycles. The van der Waals surface area contributed by atoms with E-state index in [-0.39, 0.29) is 11.7 Å². The van der Waals surface area contributed by atoms with Gasteiger partial charge in [0.05, 0.1) is 21.7 Å². The Morgan fingerprint density at radius 2 is 2.10 bits per heavy atom. The summed E-state index contributed by atoms with van der Waals surface area (Å²) in [5.74, 6) is 0.626. The van der Waals surface area contributed by atoms with Crippen molar-refractivity contribution in [2.24, 2.45) is 0 Å². The molecule has 0 aromatic heterocycles. The third-order valence-electron chi connectivity index (χ3n) is 4.64. The molecule has 1 aromatic carbocycles. The molecule has 0 radical (unpaired) electrons. The molecule has 1 atom stereocenters. The monoisotopic (exact) mass is 352 g/mol. The third-order valence-corrected chi connectivity index (χ3v) is 5.27. The Morgan fingerprint density at radius 3 is 2.86 bits per heavy atom. The van der Waals surface area contributed by atoms with Crippen LogP contribution in [0.3, 0.4) is 0 Å². The van der Waals surface area contributed by atoms with Crippen molar-refractivity contribution in [3.05, 3.63) is 28.2 Å². The first kappa shape index (κ1) is 15.0. The average Bonchev–Trinajstić information content (AvgIpc) is 2.89. The summed E-state index contributed by atoms with van der Waals surface area (Å²) in [5.41, 5.74) is 0.697. The highest BCUT2D eigenvalue weighted by Crippen LogP contribution is 2.42. The highest BCUT2D eigenvalue weighted by Gasteiger charge is 2.40. The summed E-state index contributed by atoms with van der Waals surface area (Å²) < 4.78 is 13.0. The molecule has 0 N–H and O–H groups in total. The van der Waals surface area contributed by atoms with E-state index in [0.717, 1.165) is 23.6 Å². The van der Waals surface area contributed by atoms with Gasteiger partial charge in [-0.15, -0.1) is 0 Å². The molecule has 1 unspecified atom stereocenters. The van der Waals surface area contributed by atoms with Gasteiger partial charge in [0.25, 0.3) is 0 Å². The van der Waals surface area contributed by atoms with Gasteiger partial charge < -0.3 is 9.47 Å². The smallest absolute Gasteiger partial charge is 0.153 e. The fourth-order valence-corrected chi connectivity index (χ4v) is 4.02. The van der Waals surface area contributed by atoms with Crippen molar-refractivity contribution in [2.75, 3.05) is 6.61 Å². The molecule has 2 fully saturated rings. The summed E-state index contributed by atoms with van der Waals surface area (Å²) in [6.45, 7) is 0.519. The number of halogens is 1. The van der Waals surface area contributed by atoms with Crippen molar-refractivity contribution >= 4 is 22.2 Å². The highest BCUT2D eigenvalue weighted by molar-refractivity contribution is 9.10. The minimum Gasteiger partial charge on any atom is -0.489 e. The standard InChI is InChI=1S/C17H21BrO3/c18-15-6-4-5-13(11-19)16(15)20-12-14-7-10-17(21-14)8-2-1-3-9-17/h4-6,11,14H,1-3,7-10,12H2. The normalized spacial score (nSPS) is 24.1. The van der Waals surface area contributed by atoms with E-state index in [1.165, 1.54) is 32.1 Å². The third kappa shape index (κ3) is 3.32. The maximum Gasteiger partial charge on any atom is 0.153 e. The maximum atomic E-state index is 11.1. The van der Waals surface area contributed by atoms with Gasteiger partial charge in [-0.25, -0.2) is 0 Å². The number of aldehydes is 1. The minimum absolute atomic E-state index is 0.119. The first-order chi connectivity index (χ1) is 10.2. The Morgan fingerprint density at radius 1 is 1.29 bits per heavy atom. The SMILES string of the molecule is O=Cc1cccc(Br)c1OCC1CCC2(CCCCC2)O1. The van der Waals surface area contributed by atoms with Gasteiger partial charge in [-0.3, -0.25) is 4.79 Å². The van der Waals surface area contributed by atoms with Crippen LogP contribution in [0.4, 0.5) is 0 Å². The lowest BCUT2D eigenvalue weighted by atomic mass is 9.83. The van der Waals surface area contributed by atoms with Crippen LogP contribution in [0, 0.1) is 0 Å². The van der Waals surface area contributed by atoms with Gasteiger partial charge in [0.1, 0.15) is 12.4 Å². The second-order valence-corrected chi connectivity index (χ2v) is 6.96. The highest BCUT2D eigenvalue weighted by atomic mass is 79.9. The largest absolute Gasteiger partial charge is 0.489 e.